The van der Waals surface area contributed by atoms with Crippen molar-refractivity contribution in [2.45, 2.75) is 6.92 Å². The van der Waals surface area contributed by atoms with Crippen LogP contribution in [-0.4, -0.2) is 6.21 Å². The van der Waals surface area contributed by atoms with Gasteiger partial charge in [0.1, 0.15) is 5.69 Å². The van der Waals surface area contributed by atoms with Crippen molar-refractivity contribution in [2.24, 2.45) is 4.99 Å². The first kappa shape index (κ1) is 13.7. The number of thiophene rings is 1. The zero-order valence-corrected chi connectivity index (χ0v) is 10.3. The van der Waals surface area contributed by atoms with Crippen LogP contribution < -0.4 is 0 Å². The zero-order valence-electron chi connectivity index (χ0n) is 9.48. The monoisotopic (exact) mass is 291 g/mol. The highest BCUT2D eigenvalue weighted by atomic mass is 32.1. The van der Waals surface area contributed by atoms with Crippen molar-refractivity contribution in [1.29, 1.82) is 0 Å². The molecule has 19 heavy (non-hydrogen) atoms. The fourth-order valence-corrected chi connectivity index (χ4v) is 2.11. The van der Waals surface area contributed by atoms with Crippen LogP contribution in [0.25, 0.3) is 0 Å². The fraction of sp³-hybridized carbons (Fsp3) is 0.0833. The van der Waals surface area contributed by atoms with Crippen LogP contribution >= 0.6 is 11.3 Å². The lowest BCUT2D eigenvalue weighted by Crippen LogP contribution is -2.00. The number of hydrogen-bond acceptors (Lipinski definition) is 2. The van der Waals surface area contributed by atoms with Crippen LogP contribution in [0.5, 0.6) is 0 Å². The number of hydrogen-bond donors (Lipinski definition) is 0. The standard InChI is InChI=1S/C12H6F5NS/c1-5-2-3-6(19-5)4-18-12-10(16)8(14)7(13)9(15)11(12)17/h2-4H,1H3. The van der Waals surface area contributed by atoms with Crippen LogP contribution in [-0.2, 0) is 0 Å². The normalized spacial score (nSPS) is 11.5. The first-order chi connectivity index (χ1) is 8.91. The van der Waals surface area contributed by atoms with Crippen molar-refractivity contribution in [1.82, 2.24) is 0 Å². The van der Waals surface area contributed by atoms with E-state index < -0.39 is 34.8 Å². The van der Waals surface area contributed by atoms with Gasteiger partial charge in [-0.15, -0.1) is 11.3 Å². The first-order valence-corrected chi connectivity index (χ1v) is 5.85. The maximum atomic E-state index is 13.3. The number of rotatable bonds is 2. The van der Waals surface area contributed by atoms with Gasteiger partial charge in [-0.2, -0.15) is 0 Å². The lowest BCUT2D eigenvalue weighted by molar-refractivity contribution is 0.381. The minimum Gasteiger partial charge on any atom is -0.249 e. The average molecular weight is 291 g/mol. The molecule has 0 aliphatic carbocycles. The Morgan fingerprint density at radius 2 is 1.42 bits per heavy atom. The molecule has 2 rings (SSSR count). The van der Waals surface area contributed by atoms with E-state index in [2.05, 4.69) is 4.99 Å². The van der Waals surface area contributed by atoms with Crippen molar-refractivity contribution in [3.8, 4) is 0 Å². The second-order valence-electron chi connectivity index (χ2n) is 3.63. The second-order valence-corrected chi connectivity index (χ2v) is 4.94. The predicted molar refractivity (Wildman–Crippen MR) is 62.5 cm³/mol. The Morgan fingerprint density at radius 1 is 0.895 bits per heavy atom. The van der Waals surface area contributed by atoms with Crippen molar-refractivity contribution < 1.29 is 22.0 Å². The third kappa shape index (κ3) is 2.51. The molecule has 0 unspecified atom stereocenters. The van der Waals surface area contributed by atoms with Crippen LogP contribution in [0.1, 0.15) is 9.75 Å². The number of aryl methyl sites for hydroxylation is 1. The Balaban J connectivity index is 2.49. The van der Waals surface area contributed by atoms with E-state index in [1.54, 1.807) is 19.1 Å². The van der Waals surface area contributed by atoms with Crippen LogP contribution in [0.15, 0.2) is 17.1 Å². The molecular weight excluding hydrogens is 285 g/mol. The van der Waals surface area contributed by atoms with Crippen LogP contribution in [0, 0.1) is 36.0 Å². The minimum absolute atomic E-state index is 0.543. The first-order valence-electron chi connectivity index (χ1n) is 5.03. The van der Waals surface area contributed by atoms with Gasteiger partial charge in [0.2, 0.25) is 5.82 Å². The molecular formula is C12H6F5NS. The molecule has 0 amide bonds. The molecule has 0 spiro atoms. The van der Waals surface area contributed by atoms with E-state index in [9.17, 15) is 22.0 Å². The van der Waals surface area contributed by atoms with Crippen LogP contribution in [0.4, 0.5) is 27.6 Å². The van der Waals surface area contributed by atoms with Crippen molar-refractivity contribution in [3.05, 3.63) is 51.0 Å². The Labute approximate surface area is 109 Å². The van der Waals surface area contributed by atoms with E-state index >= 15 is 0 Å². The van der Waals surface area contributed by atoms with Gasteiger partial charge in [-0.3, -0.25) is 0 Å². The number of nitrogens with zero attached hydrogens (tertiary/aromatic N) is 1. The summed E-state index contributed by atoms with van der Waals surface area (Å²) in [6.45, 7) is 1.81. The molecule has 0 saturated heterocycles. The van der Waals surface area contributed by atoms with Gasteiger partial charge >= 0.3 is 0 Å². The quantitative estimate of drug-likeness (QED) is 0.334. The summed E-state index contributed by atoms with van der Waals surface area (Å²) < 4.78 is 65.1. The summed E-state index contributed by atoms with van der Waals surface area (Å²) >= 11 is 1.27. The minimum atomic E-state index is -2.19. The van der Waals surface area contributed by atoms with E-state index in [-0.39, 0.29) is 0 Å². The molecule has 0 saturated carbocycles. The summed E-state index contributed by atoms with van der Waals surface area (Å²) in [5.41, 5.74) is -1.19. The van der Waals surface area contributed by atoms with Gasteiger partial charge in [0.25, 0.3) is 0 Å². The summed E-state index contributed by atoms with van der Waals surface area (Å²) in [6, 6.07) is 3.36. The molecule has 100 valence electrons. The Bertz CT molecular complexity index is 633. The zero-order chi connectivity index (χ0) is 14.2. The lowest BCUT2D eigenvalue weighted by Gasteiger charge is -2.03. The number of halogens is 5. The number of aliphatic imine (C=N–C) groups is 1. The largest absolute Gasteiger partial charge is 0.249 e. The third-order valence-electron chi connectivity index (χ3n) is 2.27. The van der Waals surface area contributed by atoms with Gasteiger partial charge in [-0.25, -0.2) is 26.9 Å². The summed E-state index contributed by atoms with van der Waals surface area (Å²) in [6.07, 6.45) is 1.05. The van der Waals surface area contributed by atoms with E-state index in [4.69, 9.17) is 0 Å². The predicted octanol–water partition coefficient (Wildman–Crippen LogP) is 4.50. The topological polar surface area (TPSA) is 12.4 Å². The van der Waals surface area contributed by atoms with Crippen molar-refractivity contribution in [2.75, 3.05) is 0 Å². The lowest BCUT2D eigenvalue weighted by atomic mass is 10.2. The molecule has 0 aliphatic rings. The fourth-order valence-electron chi connectivity index (χ4n) is 1.36. The Kier molecular flexibility index (Phi) is 3.66. The molecule has 0 bridgehead atoms. The molecule has 1 aromatic heterocycles. The maximum absolute atomic E-state index is 13.3. The molecule has 0 aliphatic heterocycles. The average Bonchev–Trinajstić information content (AvgIpc) is 2.80. The van der Waals surface area contributed by atoms with Crippen LogP contribution in [0.3, 0.4) is 0 Å². The van der Waals surface area contributed by atoms with Gasteiger partial charge in [-0.1, -0.05) is 0 Å². The molecule has 1 nitrogen and oxygen atoms in total. The second kappa shape index (κ2) is 5.08. The molecule has 2 aromatic rings. The molecule has 1 heterocycles. The van der Waals surface area contributed by atoms with E-state index in [0.29, 0.717) is 4.88 Å². The SMILES string of the molecule is Cc1ccc(C=Nc2c(F)c(F)c(F)c(F)c2F)s1. The van der Waals surface area contributed by atoms with Gasteiger partial charge < -0.3 is 0 Å². The van der Waals surface area contributed by atoms with Crippen molar-refractivity contribution in [3.63, 3.8) is 0 Å². The van der Waals surface area contributed by atoms with Gasteiger partial charge in [0.15, 0.2) is 23.3 Å². The smallest absolute Gasteiger partial charge is 0.200 e. The summed E-state index contributed by atoms with van der Waals surface area (Å²) in [7, 11) is 0. The Morgan fingerprint density at radius 3 is 1.89 bits per heavy atom. The van der Waals surface area contributed by atoms with Gasteiger partial charge in [0, 0.05) is 16.0 Å². The van der Waals surface area contributed by atoms with Gasteiger partial charge in [-0.05, 0) is 19.1 Å². The van der Waals surface area contributed by atoms with Gasteiger partial charge in [0.05, 0.1) is 0 Å². The summed E-state index contributed by atoms with van der Waals surface area (Å²) in [5.74, 6) is -10.1. The molecule has 7 heteroatoms. The molecule has 0 fully saturated rings. The highest BCUT2D eigenvalue weighted by Gasteiger charge is 2.25. The third-order valence-corrected chi connectivity index (χ3v) is 3.20. The molecule has 0 radical (unpaired) electrons. The molecule has 0 N–H and O–H groups in total. The summed E-state index contributed by atoms with van der Waals surface area (Å²) in [4.78, 5) is 4.81. The maximum Gasteiger partial charge on any atom is 0.200 e. The van der Waals surface area contributed by atoms with Crippen LogP contribution in [0.2, 0.25) is 0 Å². The molecule has 1 aromatic carbocycles. The van der Waals surface area contributed by atoms with E-state index in [0.717, 1.165) is 11.1 Å². The van der Waals surface area contributed by atoms with E-state index in [1.807, 2.05) is 0 Å². The molecule has 0 atom stereocenters. The Hall–Kier alpha value is -1.76. The highest BCUT2D eigenvalue weighted by molar-refractivity contribution is 7.13. The number of benzene rings is 1. The van der Waals surface area contributed by atoms with Crippen molar-refractivity contribution >= 4 is 23.2 Å². The summed E-state index contributed by atoms with van der Waals surface area (Å²) in [5, 5.41) is 0. The highest BCUT2D eigenvalue weighted by Crippen LogP contribution is 2.29. The van der Waals surface area contributed by atoms with E-state index in [1.165, 1.54) is 11.3 Å².